The zero-order valence-electron chi connectivity index (χ0n) is 19.0. The number of carbonyl (C=O) groups is 3. The van der Waals surface area contributed by atoms with Gasteiger partial charge in [0.2, 0.25) is 0 Å². The molecule has 9 nitrogen and oxygen atoms in total. The molecule has 3 N–H and O–H groups in total. The number of carbonyl (C=O) groups excluding carboxylic acids is 3. The average Bonchev–Trinajstić information content (AvgIpc) is 3.50. The van der Waals surface area contributed by atoms with E-state index in [2.05, 4.69) is 21.0 Å². The van der Waals surface area contributed by atoms with E-state index in [-0.39, 0.29) is 35.5 Å². The van der Waals surface area contributed by atoms with Gasteiger partial charge in [-0.05, 0) is 42.8 Å². The van der Waals surface area contributed by atoms with Crippen LogP contribution in [0.15, 0.2) is 48.1 Å². The molecule has 0 radical (unpaired) electrons. The fourth-order valence-electron chi connectivity index (χ4n) is 3.71. The highest BCUT2D eigenvalue weighted by molar-refractivity contribution is 7.12. The molecule has 1 aliphatic heterocycles. The largest absolute Gasteiger partial charge is 0.350 e. The summed E-state index contributed by atoms with van der Waals surface area (Å²) in [7, 11) is 1.66. The second-order valence-electron chi connectivity index (χ2n) is 8.60. The van der Waals surface area contributed by atoms with Crippen molar-refractivity contribution in [1.82, 2.24) is 25.3 Å². The zero-order chi connectivity index (χ0) is 25.2. The maximum absolute atomic E-state index is 12.9. The number of anilines is 1. The summed E-state index contributed by atoms with van der Waals surface area (Å²) in [6.07, 6.45) is 0.658. The molecular weight excluding hydrogens is 478 g/mol. The summed E-state index contributed by atoms with van der Waals surface area (Å²) in [5.74, 6) is -0.872. The smallest absolute Gasteiger partial charge is 0.321 e. The standard InChI is InChI=1S/C23H24F2N6O3S/c1-23(13-31-7-3-6-27-31,29-21(33)18-9-16(11-35-18)19(24)25)12-26-20(32)14-4-5-17-15(8-14)10-30(2)22(34)28-17/h3-9,11,19H,10,12-13H2,1-2H3,(H,26,32)(H,28,34)(H,29,33). The highest BCUT2D eigenvalue weighted by Gasteiger charge is 2.30. The van der Waals surface area contributed by atoms with E-state index in [4.69, 9.17) is 0 Å². The molecule has 0 saturated carbocycles. The van der Waals surface area contributed by atoms with Crippen LogP contribution in [0.25, 0.3) is 0 Å². The zero-order valence-corrected chi connectivity index (χ0v) is 19.9. The van der Waals surface area contributed by atoms with Crippen LogP contribution >= 0.6 is 11.3 Å². The predicted octanol–water partition coefficient (Wildman–Crippen LogP) is 3.48. The van der Waals surface area contributed by atoms with Gasteiger partial charge in [-0.3, -0.25) is 14.3 Å². The number of amides is 4. The molecule has 0 aliphatic carbocycles. The number of urea groups is 1. The lowest BCUT2D eigenvalue weighted by atomic mass is 10.0. The fourth-order valence-corrected chi connectivity index (χ4v) is 4.51. The minimum absolute atomic E-state index is 0.0538. The number of nitrogens with one attached hydrogen (secondary N) is 3. The molecule has 12 heteroatoms. The third kappa shape index (κ3) is 5.65. The quantitative estimate of drug-likeness (QED) is 0.438. The van der Waals surface area contributed by atoms with Crippen LogP contribution in [0.4, 0.5) is 19.3 Å². The highest BCUT2D eigenvalue weighted by atomic mass is 32.1. The first kappa shape index (κ1) is 24.3. The van der Waals surface area contributed by atoms with Crippen LogP contribution in [-0.4, -0.2) is 51.7 Å². The number of aromatic nitrogens is 2. The molecule has 0 bridgehead atoms. The molecule has 3 aromatic rings. The van der Waals surface area contributed by atoms with Crippen molar-refractivity contribution in [3.63, 3.8) is 0 Å². The molecule has 4 rings (SSSR count). The molecule has 4 amide bonds. The van der Waals surface area contributed by atoms with E-state index in [1.54, 1.807) is 55.3 Å². The summed E-state index contributed by atoms with van der Waals surface area (Å²) in [4.78, 5) is 39.2. The molecule has 35 heavy (non-hydrogen) atoms. The van der Waals surface area contributed by atoms with Gasteiger partial charge in [-0.2, -0.15) is 5.10 Å². The van der Waals surface area contributed by atoms with E-state index in [1.165, 1.54) is 16.3 Å². The number of hydrogen-bond donors (Lipinski definition) is 3. The van der Waals surface area contributed by atoms with Crippen molar-refractivity contribution in [2.45, 2.75) is 32.0 Å². The third-order valence-electron chi connectivity index (χ3n) is 5.58. The number of benzene rings is 1. The Bertz CT molecular complexity index is 1250. The SMILES string of the molecule is CN1Cc2cc(C(=O)NCC(C)(Cn3cccn3)NC(=O)c3cc(C(F)F)cs3)ccc2NC1=O. The first-order chi connectivity index (χ1) is 16.6. The number of alkyl halides is 2. The Hall–Kier alpha value is -3.80. The van der Waals surface area contributed by atoms with Gasteiger partial charge in [0.25, 0.3) is 18.2 Å². The maximum Gasteiger partial charge on any atom is 0.321 e. The molecule has 1 aliphatic rings. The van der Waals surface area contributed by atoms with E-state index < -0.39 is 17.9 Å². The van der Waals surface area contributed by atoms with E-state index >= 15 is 0 Å². The van der Waals surface area contributed by atoms with Crippen LogP contribution in [0.3, 0.4) is 0 Å². The lowest BCUT2D eigenvalue weighted by Gasteiger charge is -2.31. The van der Waals surface area contributed by atoms with Gasteiger partial charge in [-0.1, -0.05) is 0 Å². The molecule has 184 valence electrons. The summed E-state index contributed by atoms with van der Waals surface area (Å²) >= 11 is 0.934. The number of halogens is 2. The average molecular weight is 503 g/mol. The van der Waals surface area contributed by atoms with E-state index in [0.717, 1.165) is 16.9 Å². The minimum atomic E-state index is -2.66. The number of hydrogen-bond acceptors (Lipinski definition) is 5. The van der Waals surface area contributed by atoms with E-state index in [1.807, 2.05) is 0 Å². The van der Waals surface area contributed by atoms with Crippen molar-refractivity contribution in [2.24, 2.45) is 0 Å². The Labute approximate surface area is 204 Å². The number of fused-ring (bicyclic) bond motifs is 1. The Morgan fingerprint density at radius 2 is 2.09 bits per heavy atom. The summed E-state index contributed by atoms with van der Waals surface area (Å²) in [5, 5.41) is 13.9. The normalized spacial score (nSPS) is 14.8. The van der Waals surface area contributed by atoms with Crippen LogP contribution in [0.1, 0.15) is 44.5 Å². The summed E-state index contributed by atoms with van der Waals surface area (Å²) in [6.45, 7) is 2.40. The van der Waals surface area contributed by atoms with Crippen molar-refractivity contribution in [2.75, 3.05) is 18.9 Å². The molecule has 0 spiro atoms. The lowest BCUT2D eigenvalue weighted by molar-refractivity contribution is 0.0863. The second-order valence-corrected chi connectivity index (χ2v) is 9.52. The van der Waals surface area contributed by atoms with Crippen molar-refractivity contribution < 1.29 is 23.2 Å². The predicted molar refractivity (Wildman–Crippen MR) is 127 cm³/mol. The van der Waals surface area contributed by atoms with Crippen LogP contribution in [0, 0.1) is 0 Å². The highest BCUT2D eigenvalue weighted by Crippen LogP contribution is 2.26. The topological polar surface area (TPSA) is 108 Å². The number of thiophene rings is 1. The first-order valence-corrected chi connectivity index (χ1v) is 11.6. The van der Waals surface area contributed by atoms with E-state index in [9.17, 15) is 23.2 Å². The Morgan fingerprint density at radius 1 is 1.29 bits per heavy atom. The monoisotopic (exact) mass is 502 g/mol. The van der Waals surface area contributed by atoms with E-state index in [0.29, 0.717) is 17.8 Å². The molecule has 1 atom stereocenters. The van der Waals surface area contributed by atoms with Crippen LogP contribution in [0.5, 0.6) is 0 Å². The summed E-state index contributed by atoms with van der Waals surface area (Å²) < 4.78 is 27.5. The van der Waals surface area contributed by atoms with Gasteiger partial charge < -0.3 is 20.9 Å². The molecule has 0 saturated heterocycles. The third-order valence-corrected chi connectivity index (χ3v) is 6.53. The van der Waals surface area contributed by atoms with Gasteiger partial charge >= 0.3 is 6.03 Å². The van der Waals surface area contributed by atoms with Gasteiger partial charge in [0, 0.05) is 54.7 Å². The number of nitrogens with zero attached hydrogens (tertiary/aromatic N) is 3. The summed E-state index contributed by atoms with van der Waals surface area (Å²) in [6, 6.07) is 7.68. The van der Waals surface area contributed by atoms with Crippen molar-refractivity contribution in [3.8, 4) is 0 Å². The van der Waals surface area contributed by atoms with Crippen molar-refractivity contribution in [3.05, 3.63) is 69.7 Å². The molecule has 3 heterocycles. The molecule has 1 aromatic carbocycles. The van der Waals surface area contributed by atoms with Crippen molar-refractivity contribution >= 4 is 34.9 Å². The second kappa shape index (κ2) is 9.82. The summed E-state index contributed by atoms with van der Waals surface area (Å²) in [5.41, 5.74) is 0.674. The lowest BCUT2D eigenvalue weighted by Crippen LogP contribution is -2.56. The van der Waals surface area contributed by atoms with Crippen LogP contribution in [0.2, 0.25) is 0 Å². The van der Waals surface area contributed by atoms with Crippen LogP contribution < -0.4 is 16.0 Å². The number of rotatable bonds is 8. The Balaban J connectivity index is 1.48. The maximum atomic E-state index is 12.9. The van der Waals surface area contributed by atoms with Crippen LogP contribution in [-0.2, 0) is 13.1 Å². The molecule has 2 aromatic heterocycles. The molecule has 0 fully saturated rings. The minimum Gasteiger partial charge on any atom is -0.350 e. The van der Waals surface area contributed by atoms with Gasteiger partial charge in [-0.25, -0.2) is 13.6 Å². The fraction of sp³-hybridized carbons (Fsp3) is 0.304. The molecular formula is C23H24F2N6O3S. The Morgan fingerprint density at radius 3 is 2.77 bits per heavy atom. The van der Waals surface area contributed by atoms with Gasteiger partial charge in [-0.15, -0.1) is 11.3 Å². The Kier molecular flexibility index (Phi) is 6.83. The molecule has 1 unspecified atom stereocenters. The van der Waals surface area contributed by atoms with Gasteiger partial charge in [0.15, 0.2) is 0 Å². The van der Waals surface area contributed by atoms with Crippen molar-refractivity contribution in [1.29, 1.82) is 0 Å². The van der Waals surface area contributed by atoms with Gasteiger partial charge in [0.1, 0.15) is 0 Å². The first-order valence-electron chi connectivity index (χ1n) is 10.7. The van der Waals surface area contributed by atoms with Gasteiger partial charge in [0.05, 0.1) is 17.0 Å².